The number of carbonyl (C=O) groups is 2. The smallest absolute Gasteiger partial charge is 0.252 e. The van der Waals surface area contributed by atoms with E-state index in [0.717, 1.165) is 36.6 Å². The molecule has 0 bridgehead atoms. The van der Waals surface area contributed by atoms with Crippen LogP contribution < -0.4 is 16.0 Å². The van der Waals surface area contributed by atoms with Crippen molar-refractivity contribution in [3.8, 4) is 16.9 Å². The molecule has 3 heterocycles. The number of halogens is 2. The molecule has 42 heavy (non-hydrogen) atoms. The van der Waals surface area contributed by atoms with Crippen LogP contribution in [0.25, 0.3) is 11.1 Å². The Labute approximate surface area is 247 Å². The zero-order valence-electron chi connectivity index (χ0n) is 23.1. The summed E-state index contributed by atoms with van der Waals surface area (Å²) in [7, 11) is 1.48. The molecule has 2 aliphatic heterocycles. The van der Waals surface area contributed by atoms with E-state index >= 15 is 0 Å². The number of carbonyl (C=O) groups excluding carboxylic acids is 2. The highest BCUT2D eigenvalue weighted by Gasteiger charge is 2.29. The van der Waals surface area contributed by atoms with Gasteiger partial charge in [0.15, 0.2) is 5.78 Å². The molecular weight excluding hydrogens is 565 g/mol. The maximum absolute atomic E-state index is 14.5. The molecule has 1 aromatic heterocycles. The summed E-state index contributed by atoms with van der Waals surface area (Å²) in [5.74, 6) is -1.66. The van der Waals surface area contributed by atoms with Crippen molar-refractivity contribution in [2.24, 2.45) is 10.9 Å². The quantitative estimate of drug-likeness (QED) is 0.357. The van der Waals surface area contributed by atoms with Crippen LogP contribution in [0.3, 0.4) is 0 Å². The summed E-state index contributed by atoms with van der Waals surface area (Å²) in [5, 5.41) is 4.60. The molecule has 0 radical (unpaired) electrons. The fraction of sp³-hybridized carbons (Fsp3) is 0.355. The third-order valence-electron chi connectivity index (χ3n) is 7.60. The number of nitrogens with zero attached hydrogens (tertiary/aromatic N) is 2. The van der Waals surface area contributed by atoms with Crippen LogP contribution in [0.4, 0.5) is 4.39 Å². The Bertz CT molecular complexity index is 1600. The van der Waals surface area contributed by atoms with Crippen molar-refractivity contribution in [1.82, 2.24) is 4.57 Å². The molecular formula is C31H31ClFN3O6. The highest BCUT2D eigenvalue weighted by molar-refractivity contribution is 6.31. The lowest BCUT2D eigenvalue weighted by atomic mass is 9.93. The minimum absolute atomic E-state index is 0.165. The van der Waals surface area contributed by atoms with Crippen molar-refractivity contribution in [2.75, 3.05) is 20.3 Å². The van der Waals surface area contributed by atoms with Crippen molar-refractivity contribution in [3.05, 3.63) is 86.5 Å². The predicted molar refractivity (Wildman–Crippen MR) is 156 cm³/mol. The second-order valence-electron chi connectivity index (χ2n) is 10.4. The van der Waals surface area contributed by atoms with E-state index in [1.807, 2.05) is 6.07 Å². The molecule has 0 spiro atoms. The zero-order valence-corrected chi connectivity index (χ0v) is 23.9. The van der Waals surface area contributed by atoms with E-state index < -0.39 is 23.3 Å². The lowest BCUT2D eigenvalue weighted by molar-refractivity contribution is -0.123. The normalized spacial score (nSPS) is 17.3. The summed E-state index contributed by atoms with van der Waals surface area (Å²) in [4.78, 5) is 44.1. The van der Waals surface area contributed by atoms with Crippen LogP contribution in [0.5, 0.6) is 5.75 Å². The molecule has 2 aromatic carbocycles. The Hall–Kier alpha value is -4.02. The number of rotatable bonds is 10. The molecule has 2 N–H and O–H groups in total. The summed E-state index contributed by atoms with van der Waals surface area (Å²) in [5.41, 5.74) is 7.52. The SMILES string of the molecule is COc1cn(C(C[C@H]2CCCCO2)C(=O)Cc2ccc(C(N)=O)c(F)c2)c(=O)cc1-c1cc(Cl)ccc1C1=NOCC1. The highest BCUT2D eigenvalue weighted by Crippen LogP contribution is 2.36. The second kappa shape index (κ2) is 12.9. The van der Waals surface area contributed by atoms with E-state index in [9.17, 15) is 18.8 Å². The summed E-state index contributed by atoms with van der Waals surface area (Å²) >= 11 is 6.35. The standard InChI is InChI=1S/C31H31ClFN3O6/c1-40-29-17-36(30(38)16-24(29)23-14-19(32)6-8-21(23)26-9-11-42-35-26)27(15-20-4-2-3-10-41-20)28(37)13-18-5-7-22(31(34)39)25(33)12-18/h5-8,12,14,16-17,20,27H,2-4,9-11,13,15H2,1H3,(H2,34,39)/t20-,27?/m1/s1. The van der Waals surface area contributed by atoms with Gasteiger partial charge in [-0.25, -0.2) is 4.39 Å². The molecule has 9 nitrogen and oxygen atoms in total. The number of aromatic nitrogens is 1. The van der Waals surface area contributed by atoms with Crippen molar-refractivity contribution >= 4 is 29.0 Å². The number of nitrogens with two attached hydrogens (primary N) is 1. The number of ether oxygens (including phenoxy) is 2. The van der Waals surface area contributed by atoms with Crippen LogP contribution in [0.15, 0.2) is 58.6 Å². The molecule has 2 aliphatic rings. The molecule has 0 saturated carbocycles. The highest BCUT2D eigenvalue weighted by atomic mass is 35.5. The van der Waals surface area contributed by atoms with Gasteiger partial charge in [-0.3, -0.25) is 14.4 Å². The van der Waals surface area contributed by atoms with Gasteiger partial charge in [0.2, 0.25) is 0 Å². The number of ketones is 1. The molecule has 220 valence electrons. The van der Waals surface area contributed by atoms with Gasteiger partial charge in [0, 0.05) is 48.1 Å². The van der Waals surface area contributed by atoms with Gasteiger partial charge in [-0.15, -0.1) is 0 Å². The Morgan fingerprint density at radius 1 is 1.14 bits per heavy atom. The van der Waals surface area contributed by atoms with E-state index in [2.05, 4.69) is 5.16 Å². The molecule has 3 aromatic rings. The van der Waals surface area contributed by atoms with Crippen molar-refractivity contribution in [1.29, 1.82) is 0 Å². The Morgan fingerprint density at radius 3 is 2.64 bits per heavy atom. The Morgan fingerprint density at radius 2 is 1.98 bits per heavy atom. The number of amides is 1. The number of primary amides is 1. The number of benzene rings is 2. The number of methoxy groups -OCH3 is 1. The third-order valence-corrected chi connectivity index (χ3v) is 7.83. The lowest BCUT2D eigenvalue weighted by Crippen LogP contribution is -2.34. The largest absolute Gasteiger partial charge is 0.495 e. The van der Waals surface area contributed by atoms with Crippen LogP contribution >= 0.6 is 11.6 Å². The Balaban J connectivity index is 1.54. The first-order valence-corrected chi connectivity index (χ1v) is 14.1. The van der Waals surface area contributed by atoms with Crippen molar-refractivity contribution in [2.45, 2.75) is 50.7 Å². The van der Waals surface area contributed by atoms with Crippen LogP contribution in [-0.4, -0.2) is 48.4 Å². The van der Waals surface area contributed by atoms with Gasteiger partial charge < -0.3 is 24.6 Å². The van der Waals surface area contributed by atoms with Crippen LogP contribution in [-0.2, 0) is 20.8 Å². The summed E-state index contributed by atoms with van der Waals surface area (Å²) in [6.45, 7) is 1.03. The molecule has 1 fully saturated rings. The zero-order chi connectivity index (χ0) is 29.8. The van der Waals surface area contributed by atoms with E-state index in [1.165, 1.54) is 36.1 Å². The average Bonchev–Trinajstić information content (AvgIpc) is 3.51. The number of hydrogen-bond acceptors (Lipinski definition) is 7. The summed E-state index contributed by atoms with van der Waals surface area (Å²) in [6, 6.07) is 9.68. The Kier molecular flexibility index (Phi) is 9.03. The number of Topliss-reactive ketones (excluding diaryl/α,β-unsaturated/α-hetero) is 1. The van der Waals surface area contributed by atoms with Gasteiger partial charge in [-0.1, -0.05) is 28.9 Å². The monoisotopic (exact) mass is 595 g/mol. The van der Waals surface area contributed by atoms with Crippen LogP contribution in [0.2, 0.25) is 5.02 Å². The van der Waals surface area contributed by atoms with E-state index in [1.54, 1.807) is 12.1 Å². The molecule has 5 rings (SSSR count). The first-order valence-electron chi connectivity index (χ1n) is 13.8. The van der Waals surface area contributed by atoms with E-state index in [0.29, 0.717) is 47.1 Å². The molecule has 2 atom stereocenters. The number of oxime groups is 1. The van der Waals surface area contributed by atoms with Crippen molar-refractivity contribution in [3.63, 3.8) is 0 Å². The summed E-state index contributed by atoms with van der Waals surface area (Å²) < 4.78 is 27.5. The molecule has 1 amide bonds. The number of pyridine rings is 1. The van der Waals surface area contributed by atoms with Gasteiger partial charge >= 0.3 is 0 Å². The van der Waals surface area contributed by atoms with Crippen molar-refractivity contribution < 1.29 is 28.3 Å². The third kappa shape index (κ3) is 6.39. The number of hydrogen-bond donors (Lipinski definition) is 1. The fourth-order valence-electron chi connectivity index (χ4n) is 5.46. The minimum atomic E-state index is -0.908. The van der Waals surface area contributed by atoms with Gasteiger partial charge in [-0.2, -0.15) is 0 Å². The topological polar surface area (TPSA) is 122 Å². The molecule has 1 saturated heterocycles. The maximum atomic E-state index is 14.5. The predicted octanol–water partition coefficient (Wildman–Crippen LogP) is 4.85. The van der Waals surface area contributed by atoms with Gasteiger partial charge in [0.1, 0.15) is 18.2 Å². The van der Waals surface area contributed by atoms with E-state index in [-0.39, 0.29) is 30.3 Å². The molecule has 11 heteroatoms. The van der Waals surface area contributed by atoms with Gasteiger partial charge in [0.25, 0.3) is 11.5 Å². The minimum Gasteiger partial charge on any atom is -0.495 e. The average molecular weight is 596 g/mol. The molecule has 1 unspecified atom stereocenters. The van der Waals surface area contributed by atoms with Crippen LogP contribution in [0, 0.1) is 5.82 Å². The maximum Gasteiger partial charge on any atom is 0.252 e. The van der Waals surface area contributed by atoms with Crippen LogP contribution in [0.1, 0.15) is 59.6 Å². The first kappa shape index (κ1) is 29.5. The second-order valence-corrected chi connectivity index (χ2v) is 10.8. The molecule has 0 aliphatic carbocycles. The van der Waals surface area contributed by atoms with Gasteiger partial charge in [0.05, 0.1) is 36.7 Å². The fourth-order valence-corrected chi connectivity index (χ4v) is 5.63. The van der Waals surface area contributed by atoms with Gasteiger partial charge in [-0.05, 0) is 54.7 Å². The lowest BCUT2D eigenvalue weighted by Gasteiger charge is -2.28. The first-order chi connectivity index (χ1) is 20.2. The summed E-state index contributed by atoms with van der Waals surface area (Å²) in [6.07, 6.45) is 4.65. The van der Waals surface area contributed by atoms with E-state index in [4.69, 9.17) is 31.6 Å².